The molecule has 0 radical (unpaired) electrons. The molecule has 0 aliphatic heterocycles. The molecule has 0 N–H and O–H groups in total. The molecule has 0 spiro atoms. The average molecular weight is 256 g/mol. The lowest BCUT2D eigenvalue weighted by Crippen LogP contribution is -2.42. The van der Waals surface area contributed by atoms with E-state index >= 15 is 0 Å². The Morgan fingerprint density at radius 2 is 1.53 bits per heavy atom. The van der Waals surface area contributed by atoms with Gasteiger partial charge in [-0.05, 0) is 6.42 Å². The maximum Gasteiger partial charge on any atom is 0.500 e. The summed E-state index contributed by atoms with van der Waals surface area (Å²) in [6.07, 6.45) is 0.716. The third-order valence-corrected chi connectivity index (χ3v) is 5.60. The van der Waals surface area contributed by atoms with Crippen LogP contribution in [0.2, 0.25) is 6.04 Å². The van der Waals surface area contributed by atoms with E-state index < -0.39 is 16.2 Å². The van der Waals surface area contributed by atoms with Gasteiger partial charge in [0, 0.05) is 40.7 Å². The molecule has 0 saturated carbocycles. The van der Waals surface area contributed by atoms with Crippen molar-refractivity contribution in [2.75, 3.05) is 41.3 Å². The van der Waals surface area contributed by atoms with E-state index in [1.165, 1.54) is 0 Å². The van der Waals surface area contributed by atoms with E-state index in [0.717, 1.165) is 0 Å². The summed E-state index contributed by atoms with van der Waals surface area (Å²) in [7, 11) is -0.141. The van der Waals surface area contributed by atoms with Gasteiger partial charge in [-0.15, -0.1) is 0 Å². The molecule has 92 valence electrons. The highest BCUT2D eigenvalue weighted by atomic mass is 31.2. The second-order valence-electron chi connectivity index (χ2n) is 3.48. The molecule has 0 rings (SSSR count). The summed E-state index contributed by atoms with van der Waals surface area (Å²) >= 11 is 0. The second-order valence-corrected chi connectivity index (χ2v) is 9.34. The van der Waals surface area contributed by atoms with E-state index in [2.05, 4.69) is 0 Å². The minimum atomic E-state index is -2.48. The molecule has 7 heteroatoms. The maximum atomic E-state index is 11.2. The summed E-state index contributed by atoms with van der Waals surface area (Å²) in [6, 6.07) is 0.663. The molecule has 0 fully saturated rings. The van der Waals surface area contributed by atoms with Crippen molar-refractivity contribution in [2.45, 2.75) is 12.5 Å². The van der Waals surface area contributed by atoms with Crippen molar-refractivity contribution >= 4 is 16.2 Å². The van der Waals surface area contributed by atoms with Crippen LogP contribution in [0.15, 0.2) is 0 Å². The van der Waals surface area contributed by atoms with Gasteiger partial charge < -0.3 is 17.8 Å². The molecule has 15 heavy (non-hydrogen) atoms. The molecule has 0 aromatic rings. The third-order valence-electron chi connectivity index (χ3n) is 1.96. The summed E-state index contributed by atoms with van der Waals surface area (Å²) in [5.41, 5.74) is 0. The van der Waals surface area contributed by atoms with Crippen LogP contribution in [0.5, 0.6) is 0 Å². The predicted molar refractivity (Wildman–Crippen MR) is 61.6 cm³/mol. The van der Waals surface area contributed by atoms with Crippen molar-refractivity contribution < 1.29 is 22.4 Å². The summed E-state index contributed by atoms with van der Waals surface area (Å²) in [5, 5.41) is 0. The zero-order chi connectivity index (χ0) is 11.9. The second kappa shape index (κ2) is 6.78. The van der Waals surface area contributed by atoms with Crippen LogP contribution in [0.25, 0.3) is 0 Å². The minimum absolute atomic E-state index is 0.440. The molecule has 0 saturated heterocycles. The first-order valence-corrected chi connectivity index (χ1v) is 9.19. The van der Waals surface area contributed by atoms with Crippen LogP contribution in [0, 0.1) is 0 Å². The van der Waals surface area contributed by atoms with Gasteiger partial charge in [-0.3, -0.25) is 4.57 Å². The molecule has 0 aromatic carbocycles. The van der Waals surface area contributed by atoms with Gasteiger partial charge in [0.25, 0.3) is 0 Å². The molecule has 0 aliphatic carbocycles. The normalized spacial score (nSPS) is 13.1. The Morgan fingerprint density at radius 1 is 1.07 bits per heavy atom. The quantitative estimate of drug-likeness (QED) is 0.376. The highest BCUT2D eigenvalue weighted by Crippen LogP contribution is 2.37. The monoisotopic (exact) mass is 256 g/mol. The van der Waals surface area contributed by atoms with E-state index in [1.54, 1.807) is 34.7 Å². The zero-order valence-electron chi connectivity index (χ0n) is 10.1. The van der Waals surface area contributed by atoms with Crippen LogP contribution in [-0.2, 0) is 22.4 Å². The largest absolute Gasteiger partial charge is 0.500 e. The first-order valence-electron chi connectivity index (χ1n) is 4.74. The molecule has 0 aromatic heterocycles. The van der Waals surface area contributed by atoms with Crippen molar-refractivity contribution in [3.8, 4) is 0 Å². The van der Waals surface area contributed by atoms with Crippen LogP contribution in [0.1, 0.15) is 6.42 Å². The van der Waals surface area contributed by atoms with Crippen LogP contribution in [-0.4, -0.2) is 50.1 Å². The van der Waals surface area contributed by atoms with Crippen LogP contribution >= 0.6 is 7.37 Å². The van der Waals surface area contributed by atoms with Gasteiger partial charge in [0.15, 0.2) is 7.37 Å². The number of hydrogen-bond acceptors (Lipinski definition) is 5. The maximum absolute atomic E-state index is 11.2. The highest BCUT2D eigenvalue weighted by Gasteiger charge is 2.36. The Hall–Kier alpha value is 0.287. The molecule has 5 nitrogen and oxygen atoms in total. The van der Waals surface area contributed by atoms with Gasteiger partial charge in [-0.25, -0.2) is 0 Å². The molecule has 0 bridgehead atoms. The lowest BCUT2D eigenvalue weighted by molar-refractivity contribution is 0.121. The van der Waals surface area contributed by atoms with E-state index in [0.29, 0.717) is 19.1 Å². The fourth-order valence-corrected chi connectivity index (χ4v) is 3.39. The smallest absolute Gasteiger partial charge is 0.377 e. The van der Waals surface area contributed by atoms with Gasteiger partial charge in [0.05, 0.1) is 6.61 Å². The average Bonchev–Trinajstić information content (AvgIpc) is 2.18. The third kappa shape index (κ3) is 6.45. The molecular weight excluding hydrogens is 235 g/mol. The Morgan fingerprint density at radius 3 is 1.87 bits per heavy atom. The summed E-state index contributed by atoms with van der Waals surface area (Å²) in [5.74, 6) is 0. The fourth-order valence-electron chi connectivity index (χ4n) is 1.13. The Bertz CT molecular complexity index is 205. The molecule has 0 amide bonds. The van der Waals surface area contributed by atoms with Gasteiger partial charge in [-0.2, -0.15) is 0 Å². The van der Waals surface area contributed by atoms with Crippen molar-refractivity contribution in [1.29, 1.82) is 0 Å². The molecule has 0 unspecified atom stereocenters. The molecule has 0 aliphatic rings. The van der Waals surface area contributed by atoms with Gasteiger partial charge in [0.1, 0.15) is 0 Å². The Kier molecular flexibility index (Phi) is 6.91. The first kappa shape index (κ1) is 15.3. The van der Waals surface area contributed by atoms with E-state index in [9.17, 15) is 4.57 Å². The summed E-state index contributed by atoms with van der Waals surface area (Å²) < 4.78 is 32.1. The van der Waals surface area contributed by atoms with Crippen LogP contribution in [0.3, 0.4) is 0 Å². The van der Waals surface area contributed by atoms with Crippen molar-refractivity contribution in [3.63, 3.8) is 0 Å². The summed E-state index contributed by atoms with van der Waals surface area (Å²) in [4.78, 5) is 0. The summed E-state index contributed by atoms with van der Waals surface area (Å²) in [6.45, 7) is 3.64. The first-order chi connectivity index (χ1) is 6.89. The molecular formula is C8H21O5PSi. The molecule has 0 heterocycles. The zero-order valence-corrected chi connectivity index (χ0v) is 12.0. The van der Waals surface area contributed by atoms with Crippen molar-refractivity contribution in [1.82, 2.24) is 0 Å². The Balaban J connectivity index is 3.87. The fraction of sp³-hybridized carbons (Fsp3) is 1.00. The number of hydrogen-bond donors (Lipinski definition) is 0. The van der Waals surface area contributed by atoms with Gasteiger partial charge in [0.2, 0.25) is 0 Å². The SMILES string of the molecule is CO[Si](CCCOP(C)(C)=O)(OC)OC. The number of rotatable bonds is 8. The van der Waals surface area contributed by atoms with Crippen molar-refractivity contribution in [2.24, 2.45) is 0 Å². The lowest BCUT2D eigenvalue weighted by atomic mass is 10.5. The van der Waals surface area contributed by atoms with E-state index in [1.807, 2.05) is 0 Å². The van der Waals surface area contributed by atoms with E-state index in [-0.39, 0.29) is 0 Å². The highest BCUT2D eigenvalue weighted by molar-refractivity contribution is 7.57. The van der Waals surface area contributed by atoms with Gasteiger partial charge >= 0.3 is 8.80 Å². The minimum Gasteiger partial charge on any atom is -0.377 e. The lowest BCUT2D eigenvalue weighted by Gasteiger charge is -2.24. The molecule has 0 atom stereocenters. The van der Waals surface area contributed by atoms with Crippen LogP contribution in [0.4, 0.5) is 0 Å². The van der Waals surface area contributed by atoms with E-state index in [4.69, 9.17) is 17.8 Å². The van der Waals surface area contributed by atoms with Crippen molar-refractivity contribution in [3.05, 3.63) is 0 Å². The topological polar surface area (TPSA) is 54.0 Å². The van der Waals surface area contributed by atoms with Gasteiger partial charge in [-0.1, -0.05) is 0 Å². The Labute approximate surface area is 92.9 Å². The van der Waals surface area contributed by atoms with Crippen LogP contribution < -0.4 is 0 Å². The predicted octanol–water partition coefficient (Wildman–Crippen LogP) is 1.81. The standard InChI is InChI=1S/C8H21O5PSi/c1-10-15(11-2,12-3)8-6-7-13-14(4,5)9/h6-8H2,1-5H3.